The van der Waals surface area contributed by atoms with E-state index >= 15 is 0 Å². The minimum absolute atomic E-state index is 0.0487. The number of aromatic amines is 1. The van der Waals surface area contributed by atoms with Gasteiger partial charge >= 0.3 is 0 Å². The number of fused-ring (bicyclic) bond motifs is 2. The zero-order valence-corrected chi connectivity index (χ0v) is 20.2. The molecule has 2 amide bonds. The Balaban J connectivity index is 1.68. The maximum absolute atomic E-state index is 14.3. The van der Waals surface area contributed by atoms with E-state index in [1.165, 1.54) is 0 Å². The van der Waals surface area contributed by atoms with E-state index < -0.39 is 12.0 Å². The van der Waals surface area contributed by atoms with Gasteiger partial charge in [0.25, 0.3) is 5.91 Å². The second-order valence-electron chi connectivity index (χ2n) is 9.98. The van der Waals surface area contributed by atoms with Crippen molar-refractivity contribution in [1.29, 1.82) is 0 Å². The lowest BCUT2D eigenvalue weighted by Gasteiger charge is -2.44. The summed E-state index contributed by atoms with van der Waals surface area (Å²) in [5, 5.41) is 1.04. The Morgan fingerprint density at radius 2 is 1.74 bits per heavy atom. The molecule has 0 saturated carbocycles. The van der Waals surface area contributed by atoms with E-state index in [-0.39, 0.29) is 11.8 Å². The first-order chi connectivity index (χ1) is 16.5. The molecule has 2 aliphatic rings. The molecule has 34 heavy (non-hydrogen) atoms. The summed E-state index contributed by atoms with van der Waals surface area (Å²) in [5.41, 5.74) is 3.42. The molecule has 0 unspecified atom stereocenters. The van der Waals surface area contributed by atoms with Crippen molar-refractivity contribution in [2.45, 2.75) is 32.2 Å². The standard InChI is InChI=1S/C28H33N3O3/c1-18-14-19(2)17-30(16-18)28(33)25-21-9-4-5-10-22(21)27(32)31(12-13-34-3)26(25)23-15-29-24-11-7-6-8-20(23)24/h4-11,15,18-19,25-26,29H,12-14,16-17H2,1-3H3/t18-,19+,25-,26+/m0/s1. The van der Waals surface area contributed by atoms with Crippen LogP contribution in [0.2, 0.25) is 0 Å². The van der Waals surface area contributed by atoms with E-state index in [9.17, 15) is 9.59 Å². The molecule has 0 radical (unpaired) electrons. The van der Waals surface area contributed by atoms with Gasteiger partial charge in [0.15, 0.2) is 0 Å². The van der Waals surface area contributed by atoms with E-state index in [4.69, 9.17) is 4.74 Å². The summed E-state index contributed by atoms with van der Waals surface area (Å²) < 4.78 is 5.38. The van der Waals surface area contributed by atoms with E-state index in [1.54, 1.807) is 7.11 Å². The van der Waals surface area contributed by atoms with Crippen LogP contribution in [-0.4, -0.2) is 59.9 Å². The summed E-state index contributed by atoms with van der Waals surface area (Å²) in [6.07, 6.45) is 3.10. The number of hydrogen-bond acceptors (Lipinski definition) is 3. The summed E-state index contributed by atoms with van der Waals surface area (Å²) in [6, 6.07) is 15.3. The van der Waals surface area contributed by atoms with Crippen molar-refractivity contribution in [2.75, 3.05) is 33.4 Å². The van der Waals surface area contributed by atoms with Crippen molar-refractivity contribution >= 4 is 22.7 Å². The number of aromatic nitrogens is 1. The fraction of sp³-hybridized carbons (Fsp3) is 0.429. The highest BCUT2D eigenvalue weighted by atomic mass is 16.5. The first-order valence-electron chi connectivity index (χ1n) is 12.2. The van der Waals surface area contributed by atoms with Crippen molar-refractivity contribution < 1.29 is 14.3 Å². The van der Waals surface area contributed by atoms with Gasteiger partial charge in [-0.2, -0.15) is 0 Å². The molecule has 0 bridgehead atoms. The van der Waals surface area contributed by atoms with Crippen LogP contribution >= 0.6 is 0 Å². The minimum atomic E-state index is -0.470. The third-order valence-corrected chi connectivity index (χ3v) is 7.36. The van der Waals surface area contributed by atoms with Crippen LogP contribution in [-0.2, 0) is 9.53 Å². The fourth-order valence-electron chi connectivity index (χ4n) is 6.02. The molecule has 2 aliphatic heterocycles. The second-order valence-corrected chi connectivity index (χ2v) is 9.98. The molecule has 1 aromatic heterocycles. The van der Waals surface area contributed by atoms with Gasteiger partial charge < -0.3 is 19.5 Å². The number of H-pyrrole nitrogens is 1. The second kappa shape index (κ2) is 9.26. The van der Waals surface area contributed by atoms with Crippen LogP contribution in [0.3, 0.4) is 0 Å². The van der Waals surface area contributed by atoms with Gasteiger partial charge in [-0.1, -0.05) is 50.2 Å². The molecule has 0 aliphatic carbocycles. The topological polar surface area (TPSA) is 65.6 Å². The molecule has 1 fully saturated rings. The number of nitrogens with zero attached hydrogens (tertiary/aromatic N) is 2. The van der Waals surface area contributed by atoms with E-state index in [0.29, 0.717) is 30.6 Å². The number of amides is 2. The highest BCUT2D eigenvalue weighted by Crippen LogP contribution is 2.46. The lowest BCUT2D eigenvalue weighted by Crippen LogP contribution is -2.51. The lowest BCUT2D eigenvalue weighted by molar-refractivity contribution is -0.137. The third-order valence-electron chi connectivity index (χ3n) is 7.36. The largest absolute Gasteiger partial charge is 0.383 e. The van der Waals surface area contributed by atoms with Gasteiger partial charge in [-0.25, -0.2) is 0 Å². The Bertz CT molecular complexity index is 1190. The number of nitrogens with one attached hydrogen (secondary N) is 1. The van der Waals surface area contributed by atoms with Gasteiger partial charge in [0, 0.05) is 55.0 Å². The van der Waals surface area contributed by atoms with Gasteiger partial charge in [0.1, 0.15) is 0 Å². The Hall–Kier alpha value is -3.12. The van der Waals surface area contributed by atoms with Crippen molar-refractivity contribution in [3.05, 3.63) is 71.4 Å². The van der Waals surface area contributed by atoms with E-state index in [0.717, 1.165) is 41.5 Å². The number of para-hydroxylation sites is 1. The van der Waals surface area contributed by atoms with Crippen molar-refractivity contribution in [2.24, 2.45) is 11.8 Å². The van der Waals surface area contributed by atoms with Crippen LogP contribution in [0, 0.1) is 11.8 Å². The lowest BCUT2D eigenvalue weighted by atomic mass is 9.78. The van der Waals surface area contributed by atoms with E-state index in [1.807, 2.05) is 58.5 Å². The molecule has 3 heterocycles. The summed E-state index contributed by atoms with van der Waals surface area (Å²) in [4.78, 5) is 35.3. The van der Waals surface area contributed by atoms with Gasteiger partial charge in [0.05, 0.1) is 18.6 Å². The highest BCUT2D eigenvalue weighted by molar-refractivity contribution is 6.02. The summed E-state index contributed by atoms with van der Waals surface area (Å²) in [7, 11) is 1.64. The number of benzene rings is 2. The van der Waals surface area contributed by atoms with Crippen LogP contribution in [0.1, 0.15) is 53.7 Å². The number of carbonyl (C=O) groups excluding carboxylic acids is 2. The summed E-state index contributed by atoms with van der Waals surface area (Å²) in [5.74, 6) is 0.513. The van der Waals surface area contributed by atoms with Crippen LogP contribution in [0.15, 0.2) is 54.7 Å². The minimum Gasteiger partial charge on any atom is -0.383 e. The average Bonchev–Trinajstić information content (AvgIpc) is 3.26. The number of likely N-dealkylation sites (tertiary alicyclic amines) is 1. The number of rotatable bonds is 5. The van der Waals surface area contributed by atoms with Crippen LogP contribution in [0.5, 0.6) is 0 Å². The third kappa shape index (κ3) is 3.90. The Morgan fingerprint density at radius 1 is 1.03 bits per heavy atom. The van der Waals surface area contributed by atoms with Crippen LogP contribution in [0.25, 0.3) is 10.9 Å². The molecular formula is C28H33N3O3. The van der Waals surface area contributed by atoms with Crippen molar-refractivity contribution in [1.82, 2.24) is 14.8 Å². The number of ether oxygens (including phenoxy) is 1. The van der Waals surface area contributed by atoms with Gasteiger partial charge in [-0.15, -0.1) is 0 Å². The molecule has 2 aromatic carbocycles. The Morgan fingerprint density at radius 3 is 2.50 bits per heavy atom. The predicted molar refractivity (Wildman–Crippen MR) is 133 cm³/mol. The molecule has 3 aromatic rings. The smallest absolute Gasteiger partial charge is 0.254 e. The predicted octanol–water partition coefficient (Wildman–Crippen LogP) is 4.60. The monoisotopic (exact) mass is 459 g/mol. The molecule has 5 rings (SSSR count). The number of carbonyl (C=O) groups is 2. The molecule has 6 heteroatoms. The zero-order chi connectivity index (χ0) is 23.8. The van der Waals surface area contributed by atoms with Crippen molar-refractivity contribution in [3.8, 4) is 0 Å². The normalized spacial score (nSPS) is 25.0. The highest BCUT2D eigenvalue weighted by Gasteiger charge is 2.46. The first-order valence-corrected chi connectivity index (χ1v) is 12.2. The molecule has 178 valence electrons. The number of hydrogen-bond donors (Lipinski definition) is 1. The first kappa shape index (κ1) is 22.7. The van der Waals surface area contributed by atoms with Gasteiger partial charge in [-0.3, -0.25) is 9.59 Å². The van der Waals surface area contributed by atoms with Crippen molar-refractivity contribution in [3.63, 3.8) is 0 Å². The average molecular weight is 460 g/mol. The van der Waals surface area contributed by atoms with Gasteiger partial charge in [-0.05, 0) is 36.0 Å². The zero-order valence-electron chi connectivity index (χ0n) is 20.2. The maximum Gasteiger partial charge on any atom is 0.254 e. The summed E-state index contributed by atoms with van der Waals surface area (Å²) >= 11 is 0. The fourth-order valence-corrected chi connectivity index (χ4v) is 6.02. The quantitative estimate of drug-likeness (QED) is 0.606. The maximum atomic E-state index is 14.3. The molecule has 4 atom stereocenters. The van der Waals surface area contributed by atoms with Crippen LogP contribution in [0.4, 0.5) is 0 Å². The number of methoxy groups -OCH3 is 1. The van der Waals surface area contributed by atoms with Gasteiger partial charge in [0.2, 0.25) is 5.91 Å². The molecule has 1 saturated heterocycles. The molecular weight excluding hydrogens is 426 g/mol. The summed E-state index contributed by atoms with van der Waals surface area (Å²) in [6.45, 7) is 6.78. The van der Waals surface area contributed by atoms with Crippen LogP contribution < -0.4 is 0 Å². The molecule has 0 spiro atoms. The number of piperidine rings is 1. The SMILES string of the molecule is COCCN1C(=O)c2ccccc2[C@H](C(=O)N2C[C@H](C)C[C@H](C)C2)[C@H]1c1c[nH]c2ccccc12. The molecule has 1 N–H and O–H groups in total. The Labute approximate surface area is 200 Å². The molecule has 6 nitrogen and oxygen atoms in total. The Kier molecular flexibility index (Phi) is 6.17. The van der Waals surface area contributed by atoms with E-state index in [2.05, 4.69) is 24.9 Å².